The Morgan fingerprint density at radius 2 is 2.00 bits per heavy atom. The van der Waals surface area contributed by atoms with Crippen LogP contribution in [0.4, 0.5) is 4.79 Å². The number of benzene rings is 1. The van der Waals surface area contributed by atoms with E-state index in [1.54, 1.807) is 0 Å². The average Bonchev–Trinajstić information content (AvgIpc) is 2.99. The first-order valence-electron chi connectivity index (χ1n) is 7.42. The SMILES string of the molecule is Cc1ccsc1C(O)C(O)CCNC(=O)OCc1ccccc1. The number of ether oxygens (including phenoxy) is 1. The molecular weight excluding hydrogens is 314 g/mol. The molecule has 0 fully saturated rings. The van der Waals surface area contributed by atoms with Gasteiger partial charge in [0.05, 0.1) is 6.10 Å². The summed E-state index contributed by atoms with van der Waals surface area (Å²) in [7, 11) is 0. The number of hydrogen-bond donors (Lipinski definition) is 3. The molecule has 2 unspecified atom stereocenters. The van der Waals surface area contributed by atoms with E-state index in [0.29, 0.717) is 0 Å². The molecule has 124 valence electrons. The van der Waals surface area contributed by atoms with Crippen molar-refractivity contribution >= 4 is 17.4 Å². The first-order valence-corrected chi connectivity index (χ1v) is 8.30. The fourth-order valence-electron chi connectivity index (χ4n) is 2.12. The van der Waals surface area contributed by atoms with Gasteiger partial charge in [0.25, 0.3) is 0 Å². The highest BCUT2D eigenvalue weighted by atomic mass is 32.1. The summed E-state index contributed by atoms with van der Waals surface area (Å²) in [6.07, 6.45) is -2.15. The minimum Gasteiger partial charge on any atom is -0.445 e. The zero-order valence-electron chi connectivity index (χ0n) is 12.9. The topological polar surface area (TPSA) is 78.8 Å². The van der Waals surface area contributed by atoms with Crippen LogP contribution in [0.2, 0.25) is 0 Å². The van der Waals surface area contributed by atoms with Gasteiger partial charge in [-0.15, -0.1) is 11.3 Å². The smallest absolute Gasteiger partial charge is 0.407 e. The number of alkyl carbamates (subject to hydrolysis) is 1. The van der Waals surface area contributed by atoms with Crippen LogP contribution in [0.5, 0.6) is 0 Å². The van der Waals surface area contributed by atoms with Gasteiger partial charge in [0.1, 0.15) is 12.7 Å². The maximum absolute atomic E-state index is 11.6. The van der Waals surface area contributed by atoms with E-state index in [4.69, 9.17) is 4.74 Å². The summed E-state index contributed by atoms with van der Waals surface area (Å²) in [6, 6.07) is 11.3. The number of carbonyl (C=O) groups excluding carboxylic acids is 1. The molecule has 0 aliphatic rings. The monoisotopic (exact) mass is 335 g/mol. The second kappa shape index (κ2) is 8.67. The van der Waals surface area contributed by atoms with Gasteiger partial charge in [-0.1, -0.05) is 30.3 Å². The summed E-state index contributed by atoms with van der Waals surface area (Å²) in [5.41, 5.74) is 1.86. The molecule has 5 nitrogen and oxygen atoms in total. The van der Waals surface area contributed by atoms with Gasteiger partial charge in [-0.3, -0.25) is 0 Å². The van der Waals surface area contributed by atoms with E-state index >= 15 is 0 Å². The van der Waals surface area contributed by atoms with Gasteiger partial charge < -0.3 is 20.3 Å². The molecule has 0 saturated heterocycles. The summed E-state index contributed by atoms with van der Waals surface area (Å²) < 4.78 is 5.07. The summed E-state index contributed by atoms with van der Waals surface area (Å²) >= 11 is 1.41. The van der Waals surface area contributed by atoms with Gasteiger partial charge in [-0.25, -0.2) is 4.79 Å². The molecule has 0 aliphatic carbocycles. The van der Waals surface area contributed by atoms with Gasteiger partial charge in [0.2, 0.25) is 0 Å². The molecule has 1 aromatic carbocycles. The summed E-state index contributed by atoms with van der Waals surface area (Å²) in [4.78, 5) is 12.3. The van der Waals surface area contributed by atoms with Gasteiger partial charge in [-0.2, -0.15) is 0 Å². The zero-order chi connectivity index (χ0) is 16.7. The van der Waals surface area contributed by atoms with Crippen LogP contribution >= 0.6 is 11.3 Å². The second-order valence-corrected chi connectivity index (χ2v) is 6.20. The van der Waals surface area contributed by atoms with Crippen LogP contribution in [0.1, 0.15) is 28.5 Å². The van der Waals surface area contributed by atoms with Crippen LogP contribution in [0.25, 0.3) is 0 Å². The zero-order valence-corrected chi connectivity index (χ0v) is 13.8. The number of hydrogen-bond acceptors (Lipinski definition) is 5. The number of aliphatic hydroxyl groups is 2. The summed E-state index contributed by atoms with van der Waals surface area (Å²) in [5, 5.41) is 24.5. The largest absolute Gasteiger partial charge is 0.445 e. The van der Waals surface area contributed by atoms with Crippen molar-refractivity contribution in [3.8, 4) is 0 Å². The van der Waals surface area contributed by atoms with Crippen LogP contribution in [0.3, 0.4) is 0 Å². The van der Waals surface area contributed by atoms with Crippen molar-refractivity contribution in [3.05, 3.63) is 57.8 Å². The molecule has 6 heteroatoms. The molecule has 1 aromatic heterocycles. The Bertz CT molecular complexity index is 614. The number of aliphatic hydroxyl groups excluding tert-OH is 2. The number of aryl methyl sites for hydroxylation is 1. The number of amides is 1. The second-order valence-electron chi connectivity index (χ2n) is 5.26. The third-order valence-corrected chi connectivity index (χ3v) is 4.55. The van der Waals surface area contributed by atoms with Crippen molar-refractivity contribution in [2.75, 3.05) is 6.54 Å². The molecule has 2 atom stereocenters. The molecule has 2 rings (SSSR count). The van der Waals surface area contributed by atoms with Crippen LogP contribution in [-0.2, 0) is 11.3 Å². The molecular formula is C17H21NO4S. The van der Waals surface area contributed by atoms with Crippen LogP contribution < -0.4 is 5.32 Å². The highest BCUT2D eigenvalue weighted by Gasteiger charge is 2.21. The number of carbonyl (C=O) groups is 1. The molecule has 1 heterocycles. The van der Waals surface area contributed by atoms with Crippen molar-refractivity contribution in [2.24, 2.45) is 0 Å². The van der Waals surface area contributed by atoms with Crippen molar-refractivity contribution in [2.45, 2.75) is 32.2 Å². The van der Waals surface area contributed by atoms with E-state index in [9.17, 15) is 15.0 Å². The first kappa shape index (κ1) is 17.5. The van der Waals surface area contributed by atoms with Crippen molar-refractivity contribution in [1.29, 1.82) is 0 Å². The van der Waals surface area contributed by atoms with Crippen molar-refractivity contribution in [1.82, 2.24) is 5.32 Å². The highest BCUT2D eigenvalue weighted by molar-refractivity contribution is 7.10. The van der Waals surface area contributed by atoms with Crippen molar-refractivity contribution < 1.29 is 19.7 Å². The van der Waals surface area contributed by atoms with E-state index in [0.717, 1.165) is 16.0 Å². The first-order chi connectivity index (χ1) is 11.1. The van der Waals surface area contributed by atoms with Crippen molar-refractivity contribution in [3.63, 3.8) is 0 Å². The lowest BCUT2D eigenvalue weighted by molar-refractivity contribution is 0.0154. The Labute approximate surface area is 139 Å². The Morgan fingerprint density at radius 3 is 2.65 bits per heavy atom. The van der Waals surface area contributed by atoms with E-state index in [-0.39, 0.29) is 19.6 Å². The van der Waals surface area contributed by atoms with Crippen LogP contribution in [0.15, 0.2) is 41.8 Å². The molecule has 23 heavy (non-hydrogen) atoms. The summed E-state index contributed by atoms with van der Waals surface area (Å²) in [5.74, 6) is 0. The molecule has 3 N–H and O–H groups in total. The molecule has 0 bridgehead atoms. The quantitative estimate of drug-likeness (QED) is 0.727. The van der Waals surface area contributed by atoms with Gasteiger partial charge >= 0.3 is 6.09 Å². The van der Waals surface area contributed by atoms with E-state index in [1.807, 2.05) is 48.7 Å². The Morgan fingerprint density at radius 1 is 1.26 bits per heavy atom. The Hall–Kier alpha value is -1.89. The standard InChI is InChI=1S/C17H21NO4S/c1-12-8-10-23-16(12)15(20)14(19)7-9-18-17(21)22-11-13-5-3-2-4-6-13/h2-6,8,10,14-15,19-20H,7,9,11H2,1H3,(H,18,21). The van der Waals surface area contributed by atoms with E-state index < -0.39 is 18.3 Å². The third kappa shape index (κ3) is 5.35. The van der Waals surface area contributed by atoms with Crippen LogP contribution in [-0.4, -0.2) is 29.0 Å². The summed E-state index contributed by atoms with van der Waals surface area (Å²) in [6.45, 7) is 2.32. The molecule has 0 saturated carbocycles. The normalized spacial score (nSPS) is 13.3. The van der Waals surface area contributed by atoms with Gasteiger partial charge in [0, 0.05) is 11.4 Å². The highest BCUT2D eigenvalue weighted by Crippen LogP contribution is 2.27. The molecule has 0 aliphatic heterocycles. The Kier molecular flexibility index (Phi) is 6.58. The third-order valence-electron chi connectivity index (χ3n) is 3.46. The minimum absolute atomic E-state index is 0.201. The fourth-order valence-corrected chi connectivity index (χ4v) is 3.09. The average molecular weight is 335 g/mol. The maximum Gasteiger partial charge on any atom is 0.407 e. The minimum atomic E-state index is -0.933. The predicted molar refractivity (Wildman–Crippen MR) is 89.3 cm³/mol. The number of thiophene rings is 1. The van der Waals surface area contributed by atoms with Gasteiger partial charge in [-0.05, 0) is 35.9 Å². The fraction of sp³-hybridized carbons (Fsp3) is 0.353. The van der Waals surface area contributed by atoms with E-state index in [2.05, 4.69) is 5.32 Å². The molecule has 0 radical (unpaired) electrons. The van der Waals surface area contributed by atoms with Crippen LogP contribution in [0, 0.1) is 6.92 Å². The Balaban J connectivity index is 1.68. The predicted octanol–water partition coefficient (Wildman–Crippen LogP) is 2.77. The number of rotatable bonds is 7. The lowest BCUT2D eigenvalue weighted by atomic mass is 10.1. The molecule has 2 aromatic rings. The van der Waals surface area contributed by atoms with Gasteiger partial charge in [0.15, 0.2) is 0 Å². The number of nitrogens with one attached hydrogen (secondary N) is 1. The molecule has 1 amide bonds. The lowest BCUT2D eigenvalue weighted by Crippen LogP contribution is -2.29. The van der Waals surface area contributed by atoms with E-state index in [1.165, 1.54) is 11.3 Å². The lowest BCUT2D eigenvalue weighted by Gasteiger charge is -2.17. The molecule has 0 spiro atoms. The maximum atomic E-state index is 11.6.